The van der Waals surface area contributed by atoms with E-state index in [2.05, 4.69) is 25.8 Å². The number of hydrogen-bond acceptors (Lipinski definition) is 7. The minimum Gasteiger partial charge on any atom is -0.258 e. The molecule has 9 heteroatoms. The summed E-state index contributed by atoms with van der Waals surface area (Å²) in [6.07, 6.45) is 0. The van der Waals surface area contributed by atoms with E-state index in [-0.39, 0.29) is 5.69 Å². The van der Waals surface area contributed by atoms with Crippen molar-refractivity contribution in [2.24, 2.45) is 0 Å². The molecular formula is C7H3N7O2. The predicted octanol–water partition coefficient (Wildman–Crippen LogP) is -0.0243. The highest BCUT2D eigenvalue weighted by atomic mass is 16.6. The third kappa shape index (κ3) is 1.08. The van der Waals surface area contributed by atoms with E-state index in [9.17, 15) is 10.1 Å². The molecule has 0 fully saturated rings. The van der Waals surface area contributed by atoms with Gasteiger partial charge >= 0.3 is 0 Å². The molecule has 0 N–H and O–H groups in total. The molecule has 0 spiro atoms. The van der Waals surface area contributed by atoms with E-state index < -0.39 is 4.92 Å². The molecule has 78 valence electrons. The van der Waals surface area contributed by atoms with Gasteiger partial charge in [-0.2, -0.15) is 0 Å². The molecule has 0 bridgehead atoms. The largest absolute Gasteiger partial charge is 0.270 e. The van der Waals surface area contributed by atoms with Crippen molar-refractivity contribution in [1.82, 2.24) is 30.5 Å². The fourth-order valence-electron chi connectivity index (χ4n) is 1.40. The number of tetrazole rings is 1. The van der Waals surface area contributed by atoms with E-state index in [1.165, 1.54) is 18.2 Å². The van der Waals surface area contributed by atoms with E-state index >= 15 is 0 Å². The molecule has 9 nitrogen and oxygen atoms in total. The third-order valence-corrected chi connectivity index (χ3v) is 2.12. The Kier molecular flexibility index (Phi) is 1.55. The molecule has 2 aromatic heterocycles. The van der Waals surface area contributed by atoms with Gasteiger partial charge in [-0.05, 0) is 21.7 Å². The minimum absolute atomic E-state index is 0.0367. The molecule has 0 aliphatic carbocycles. The number of nitro groups is 1. The van der Waals surface area contributed by atoms with Gasteiger partial charge in [-0.25, -0.2) is 0 Å². The van der Waals surface area contributed by atoms with Gasteiger partial charge in [-0.15, -0.1) is 10.2 Å². The van der Waals surface area contributed by atoms with Crippen molar-refractivity contribution in [2.75, 3.05) is 0 Å². The first-order valence-electron chi connectivity index (χ1n) is 4.25. The molecule has 0 aliphatic heterocycles. The molecule has 16 heavy (non-hydrogen) atoms. The second-order valence-corrected chi connectivity index (χ2v) is 3.04. The summed E-state index contributed by atoms with van der Waals surface area (Å²) in [5.74, 6) is 0. The molecular weight excluding hydrogens is 214 g/mol. The SMILES string of the molecule is O=[N+]([O-])c1ccc2nnn3nnnc3c2c1. The Bertz CT molecular complexity index is 706. The van der Waals surface area contributed by atoms with Crippen LogP contribution in [0.3, 0.4) is 0 Å². The van der Waals surface area contributed by atoms with Crippen molar-refractivity contribution in [1.29, 1.82) is 0 Å². The summed E-state index contributed by atoms with van der Waals surface area (Å²) in [4.78, 5) is 10.1. The zero-order chi connectivity index (χ0) is 11.1. The Hall–Kier alpha value is -2.71. The average molecular weight is 217 g/mol. The van der Waals surface area contributed by atoms with Gasteiger partial charge in [0.05, 0.1) is 15.8 Å². The summed E-state index contributed by atoms with van der Waals surface area (Å²) >= 11 is 0. The molecule has 0 saturated heterocycles. The summed E-state index contributed by atoms with van der Waals surface area (Å²) in [7, 11) is 0. The van der Waals surface area contributed by atoms with Crippen LogP contribution in [0.15, 0.2) is 18.2 Å². The maximum Gasteiger partial charge on any atom is 0.270 e. The first-order chi connectivity index (χ1) is 7.75. The Morgan fingerprint density at radius 1 is 1.25 bits per heavy atom. The van der Waals surface area contributed by atoms with Crippen LogP contribution in [0.4, 0.5) is 5.69 Å². The molecule has 3 aromatic rings. The van der Waals surface area contributed by atoms with Gasteiger partial charge < -0.3 is 0 Å². The van der Waals surface area contributed by atoms with Crippen molar-refractivity contribution in [3.05, 3.63) is 28.3 Å². The van der Waals surface area contributed by atoms with Crippen LogP contribution in [0.2, 0.25) is 0 Å². The van der Waals surface area contributed by atoms with E-state index in [0.29, 0.717) is 16.6 Å². The summed E-state index contributed by atoms with van der Waals surface area (Å²) in [5, 5.41) is 29.4. The van der Waals surface area contributed by atoms with Gasteiger partial charge in [-0.1, -0.05) is 4.63 Å². The minimum atomic E-state index is -0.486. The Labute approximate surface area is 86.8 Å². The molecule has 1 aromatic carbocycles. The summed E-state index contributed by atoms with van der Waals surface area (Å²) in [5.41, 5.74) is 0.812. The quantitative estimate of drug-likeness (QED) is 0.415. The Balaban J connectivity index is 2.46. The van der Waals surface area contributed by atoms with Crippen LogP contribution >= 0.6 is 0 Å². The van der Waals surface area contributed by atoms with Crippen molar-refractivity contribution in [2.45, 2.75) is 0 Å². The van der Waals surface area contributed by atoms with Crippen LogP contribution in [0.5, 0.6) is 0 Å². The maximum atomic E-state index is 10.6. The number of fused-ring (bicyclic) bond motifs is 3. The van der Waals surface area contributed by atoms with Gasteiger partial charge in [0, 0.05) is 12.1 Å². The zero-order valence-electron chi connectivity index (χ0n) is 7.68. The van der Waals surface area contributed by atoms with Gasteiger partial charge in [0.25, 0.3) is 5.69 Å². The number of benzene rings is 1. The molecule has 3 rings (SSSR count). The smallest absolute Gasteiger partial charge is 0.258 e. The topological polar surface area (TPSA) is 112 Å². The Morgan fingerprint density at radius 2 is 2.12 bits per heavy atom. The number of rotatable bonds is 1. The first-order valence-corrected chi connectivity index (χ1v) is 4.25. The summed E-state index contributed by atoms with van der Waals surface area (Å²) in [6.45, 7) is 0. The molecule has 0 radical (unpaired) electrons. The van der Waals surface area contributed by atoms with Gasteiger partial charge in [0.2, 0.25) is 5.65 Å². The number of aromatic nitrogens is 6. The number of non-ortho nitro benzene ring substituents is 1. The van der Waals surface area contributed by atoms with E-state index in [1.807, 2.05) is 0 Å². The maximum absolute atomic E-state index is 10.6. The summed E-state index contributed by atoms with van der Waals surface area (Å²) < 4.78 is 1.12. The van der Waals surface area contributed by atoms with Crippen LogP contribution in [0, 0.1) is 10.1 Å². The van der Waals surface area contributed by atoms with E-state index in [1.54, 1.807) is 0 Å². The zero-order valence-corrected chi connectivity index (χ0v) is 7.68. The Morgan fingerprint density at radius 3 is 2.94 bits per heavy atom. The highest BCUT2D eigenvalue weighted by Crippen LogP contribution is 2.20. The van der Waals surface area contributed by atoms with Crippen LogP contribution in [-0.4, -0.2) is 35.4 Å². The number of nitrogens with zero attached hydrogens (tertiary/aromatic N) is 7. The highest BCUT2D eigenvalue weighted by Gasteiger charge is 2.11. The first kappa shape index (κ1) is 8.59. The van der Waals surface area contributed by atoms with Crippen molar-refractivity contribution in [3.8, 4) is 0 Å². The van der Waals surface area contributed by atoms with Gasteiger partial charge in [-0.3, -0.25) is 10.1 Å². The third-order valence-electron chi connectivity index (χ3n) is 2.12. The van der Waals surface area contributed by atoms with E-state index in [0.717, 1.165) is 4.63 Å². The van der Waals surface area contributed by atoms with Crippen LogP contribution in [0.25, 0.3) is 16.6 Å². The molecule has 0 atom stereocenters. The van der Waals surface area contributed by atoms with Crippen molar-refractivity contribution < 1.29 is 4.92 Å². The fourth-order valence-corrected chi connectivity index (χ4v) is 1.40. The molecule has 0 aliphatic rings. The molecule has 0 saturated carbocycles. The lowest BCUT2D eigenvalue weighted by Crippen LogP contribution is -1.98. The number of hydrogen-bond donors (Lipinski definition) is 0. The standard InChI is InChI=1S/C7H3N7O2/c15-14(16)4-1-2-6-5(3-4)7-9-10-12-13(7)11-8-6/h1-3H. The fraction of sp³-hybridized carbons (Fsp3) is 0. The lowest BCUT2D eigenvalue weighted by Gasteiger charge is -1.96. The number of nitro benzene ring substituents is 1. The van der Waals surface area contributed by atoms with Gasteiger partial charge in [0.1, 0.15) is 0 Å². The second kappa shape index (κ2) is 2.89. The lowest BCUT2D eigenvalue weighted by atomic mass is 10.2. The van der Waals surface area contributed by atoms with Crippen LogP contribution in [-0.2, 0) is 0 Å². The second-order valence-electron chi connectivity index (χ2n) is 3.04. The van der Waals surface area contributed by atoms with Crippen LogP contribution < -0.4 is 0 Å². The normalized spacial score (nSPS) is 11.0. The molecule has 0 amide bonds. The van der Waals surface area contributed by atoms with Crippen LogP contribution in [0.1, 0.15) is 0 Å². The van der Waals surface area contributed by atoms with E-state index in [4.69, 9.17) is 0 Å². The lowest BCUT2D eigenvalue weighted by molar-refractivity contribution is -0.384. The predicted molar refractivity (Wildman–Crippen MR) is 50.5 cm³/mol. The average Bonchev–Trinajstić information content (AvgIpc) is 2.76. The molecule has 0 unspecified atom stereocenters. The van der Waals surface area contributed by atoms with Crippen molar-refractivity contribution >= 4 is 22.2 Å². The highest BCUT2D eigenvalue weighted by molar-refractivity contribution is 5.91. The molecule has 2 heterocycles. The monoisotopic (exact) mass is 217 g/mol. The van der Waals surface area contributed by atoms with Gasteiger partial charge in [0.15, 0.2) is 0 Å². The van der Waals surface area contributed by atoms with Crippen molar-refractivity contribution in [3.63, 3.8) is 0 Å². The summed E-state index contributed by atoms with van der Waals surface area (Å²) in [6, 6.07) is 4.24.